The molecule has 2 aromatic rings. The molecule has 14 nitrogen and oxygen atoms in total. The van der Waals surface area contributed by atoms with Crippen LogP contribution < -0.4 is 10.6 Å². The molecule has 2 N–H and O–H groups in total. The summed E-state index contributed by atoms with van der Waals surface area (Å²) in [5, 5.41) is 4.89. The molecule has 0 saturated heterocycles. The van der Waals surface area contributed by atoms with Gasteiger partial charge >= 0.3 is 23.9 Å². The molecule has 38 heavy (non-hydrogen) atoms. The summed E-state index contributed by atoms with van der Waals surface area (Å²) >= 11 is 0. The van der Waals surface area contributed by atoms with Crippen LogP contribution in [0.25, 0.3) is 0 Å². The number of ether oxygens (including phenoxy) is 4. The zero-order valence-corrected chi connectivity index (χ0v) is 21.1. The number of amides is 2. The number of carbonyl (C=O) groups excluding carboxylic acids is 6. The number of rotatable bonds is 13. The highest BCUT2D eigenvalue weighted by Gasteiger charge is 2.49. The number of hydrogen-bond donors (Lipinski definition) is 2. The normalized spacial score (nSPS) is 13.7. The van der Waals surface area contributed by atoms with Gasteiger partial charge in [0, 0.05) is 27.7 Å². The Hall–Kier alpha value is -4.62. The first kappa shape index (κ1) is 29.6. The maximum absolute atomic E-state index is 13.1. The van der Waals surface area contributed by atoms with E-state index in [1.165, 1.54) is 12.5 Å². The molecule has 0 fully saturated rings. The minimum atomic E-state index is -1.94. The van der Waals surface area contributed by atoms with Gasteiger partial charge in [-0.2, -0.15) is 0 Å². The lowest BCUT2D eigenvalue weighted by Gasteiger charge is -2.34. The van der Waals surface area contributed by atoms with E-state index >= 15 is 0 Å². The molecule has 2 rings (SSSR count). The third kappa shape index (κ3) is 9.44. The first-order valence-electron chi connectivity index (χ1n) is 11.3. The predicted octanol–water partition coefficient (Wildman–Crippen LogP) is 0.532. The van der Waals surface area contributed by atoms with E-state index in [0.29, 0.717) is 11.5 Å². The first-order chi connectivity index (χ1) is 18.0. The number of hydrogen-bond acceptors (Lipinski definition) is 12. The van der Waals surface area contributed by atoms with Gasteiger partial charge in [0.05, 0.1) is 25.6 Å². The fraction of sp³-hybridized carbons (Fsp3) is 0.417. The monoisotopic (exact) mass is 536 g/mol. The molecule has 0 aliphatic heterocycles. The lowest BCUT2D eigenvalue weighted by Crippen LogP contribution is -2.59. The second-order valence-electron chi connectivity index (χ2n) is 7.80. The van der Waals surface area contributed by atoms with Crippen LogP contribution in [-0.4, -0.2) is 60.1 Å². The lowest BCUT2D eigenvalue weighted by atomic mass is 10.00. The lowest BCUT2D eigenvalue weighted by molar-refractivity contribution is -0.200. The summed E-state index contributed by atoms with van der Waals surface area (Å²) in [7, 11) is 0. The van der Waals surface area contributed by atoms with Gasteiger partial charge < -0.3 is 38.4 Å². The summed E-state index contributed by atoms with van der Waals surface area (Å²) in [6.45, 7) is 3.62. The Labute approximate surface area is 216 Å². The van der Waals surface area contributed by atoms with Crippen molar-refractivity contribution in [1.29, 1.82) is 0 Å². The first-order valence-corrected chi connectivity index (χ1v) is 11.3. The second kappa shape index (κ2) is 14.2. The number of carbonyl (C=O) groups is 6. The van der Waals surface area contributed by atoms with E-state index in [1.807, 2.05) is 0 Å². The molecule has 2 amide bonds. The van der Waals surface area contributed by atoms with Gasteiger partial charge in [-0.15, -0.1) is 0 Å². The molecule has 0 bridgehead atoms. The van der Waals surface area contributed by atoms with Crippen LogP contribution in [-0.2, 0) is 60.8 Å². The topological polar surface area (TPSA) is 190 Å². The molecule has 4 atom stereocenters. The molecule has 0 aromatic carbocycles. The summed E-state index contributed by atoms with van der Waals surface area (Å²) in [6, 6.07) is 6.28. The molecular weight excluding hydrogens is 508 g/mol. The van der Waals surface area contributed by atoms with Crippen molar-refractivity contribution in [1.82, 2.24) is 10.6 Å². The number of esters is 4. The van der Waals surface area contributed by atoms with E-state index in [1.54, 1.807) is 24.3 Å². The Bertz CT molecular complexity index is 1020. The van der Waals surface area contributed by atoms with Crippen molar-refractivity contribution < 1.29 is 56.5 Å². The van der Waals surface area contributed by atoms with Crippen LogP contribution in [0, 0.1) is 0 Å². The molecule has 0 saturated carbocycles. The summed E-state index contributed by atoms with van der Waals surface area (Å²) in [5.74, 6) is -5.19. The van der Waals surface area contributed by atoms with Gasteiger partial charge in [-0.1, -0.05) is 0 Å². The molecule has 0 spiro atoms. The van der Waals surface area contributed by atoms with E-state index in [-0.39, 0.29) is 13.1 Å². The Morgan fingerprint density at radius 3 is 1.24 bits per heavy atom. The van der Waals surface area contributed by atoms with E-state index in [9.17, 15) is 28.8 Å². The van der Waals surface area contributed by atoms with Crippen molar-refractivity contribution in [2.75, 3.05) is 0 Å². The summed E-state index contributed by atoms with van der Waals surface area (Å²) in [5.41, 5.74) is 0. The van der Waals surface area contributed by atoms with Crippen molar-refractivity contribution in [2.45, 2.75) is 65.2 Å². The van der Waals surface area contributed by atoms with Crippen LogP contribution in [0.1, 0.15) is 39.2 Å². The zero-order valence-electron chi connectivity index (χ0n) is 21.1. The van der Waals surface area contributed by atoms with E-state index in [4.69, 9.17) is 27.8 Å². The molecule has 2 aromatic heterocycles. The molecule has 206 valence electrons. The van der Waals surface area contributed by atoms with Crippen molar-refractivity contribution in [3.63, 3.8) is 0 Å². The predicted molar refractivity (Wildman–Crippen MR) is 123 cm³/mol. The Balaban J connectivity index is 2.46. The Morgan fingerprint density at radius 1 is 0.632 bits per heavy atom. The van der Waals surface area contributed by atoms with Crippen LogP contribution in [0.15, 0.2) is 45.6 Å². The molecule has 2 heterocycles. The maximum atomic E-state index is 13.1. The highest BCUT2D eigenvalue weighted by atomic mass is 16.6. The molecule has 0 aliphatic carbocycles. The maximum Gasteiger partial charge on any atom is 0.303 e. The summed E-state index contributed by atoms with van der Waals surface area (Å²) in [6.07, 6.45) is -4.98. The SMILES string of the molecule is CC(=O)OC(C(=O)NCc1ccco1)C(OC(C)=O)C(OC(C)=O)C(OC(C)=O)C(=O)NCc1ccco1. The highest BCUT2D eigenvalue weighted by Crippen LogP contribution is 2.21. The van der Waals surface area contributed by atoms with Crippen molar-refractivity contribution >= 4 is 35.7 Å². The standard InChI is InChI=1S/C24H28N2O12/c1-13(27)35-19(21(37-15(3)29)23(31)25-11-17-7-5-9-33-17)20(36-14(2)28)22(38-16(4)30)24(32)26-12-18-8-6-10-34-18/h5-10,19-22H,11-12H2,1-4H3,(H,25,31)(H,26,32). The minimum Gasteiger partial charge on any atom is -0.467 e. The number of nitrogens with one attached hydrogen (secondary N) is 2. The van der Waals surface area contributed by atoms with Crippen molar-refractivity contribution in [3.8, 4) is 0 Å². The van der Waals surface area contributed by atoms with Crippen LogP contribution in [0.3, 0.4) is 0 Å². The fourth-order valence-electron chi connectivity index (χ4n) is 3.26. The Kier molecular flexibility index (Phi) is 11.1. The number of furan rings is 2. The smallest absolute Gasteiger partial charge is 0.303 e. The third-order valence-electron chi connectivity index (χ3n) is 4.66. The van der Waals surface area contributed by atoms with E-state index in [0.717, 1.165) is 27.7 Å². The molecule has 4 unspecified atom stereocenters. The molecule has 0 aliphatic rings. The van der Waals surface area contributed by atoms with Crippen LogP contribution >= 0.6 is 0 Å². The molecule has 14 heteroatoms. The molecular formula is C24H28N2O12. The summed E-state index contributed by atoms with van der Waals surface area (Å²) < 4.78 is 31.0. The van der Waals surface area contributed by atoms with Crippen molar-refractivity contribution in [2.24, 2.45) is 0 Å². The highest BCUT2D eigenvalue weighted by molar-refractivity contribution is 5.87. The average Bonchev–Trinajstić information content (AvgIpc) is 3.54. The van der Waals surface area contributed by atoms with Gasteiger partial charge in [0.1, 0.15) is 11.5 Å². The van der Waals surface area contributed by atoms with Gasteiger partial charge in [-0.05, 0) is 24.3 Å². The van der Waals surface area contributed by atoms with Crippen LogP contribution in [0.4, 0.5) is 0 Å². The largest absolute Gasteiger partial charge is 0.467 e. The van der Waals surface area contributed by atoms with Crippen LogP contribution in [0.2, 0.25) is 0 Å². The zero-order chi connectivity index (χ0) is 28.2. The summed E-state index contributed by atoms with van der Waals surface area (Å²) in [4.78, 5) is 74.1. The van der Waals surface area contributed by atoms with Crippen molar-refractivity contribution in [3.05, 3.63) is 48.3 Å². The van der Waals surface area contributed by atoms with Gasteiger partial charge in [0.2, 0.25) is 12.2 Å². The van der Waals surface area contributed by atoms with Gasteiger partial charge in [0.25, 0.3) is 11.8 Å². The average molecular weight is 536 g/mol. The van der Waals surface area contributed by atoms with Gasteiger partial charge in [-0.3, -0.25) is 28.8 Å². The van der Waals surface area contributed by atoms with E-state index in [2.05, 4.69) is 10.6 Å². The van der Waals surface area contributed by atoms with Crippen LogP contribution in [0.5, 0.6) is 0 Å². The van der Waals surface area contributed by atoms with E-state index < -0.39 is 60.1 Å². The quantitative estimate of drug-likeness (QED) is 0.267. The Morgan fingerprint density at radius 2 is 0.974 bits per heavy atom. The van der Waals surface area contributed by atoms with Gasteiger partial charge in [0.15, 0.2) is 12.2 Å². The third-order valence-corrected chi connectivity index (χ3v) is 4.66. The fourth-order valence-corrected chi connectivity index (χ4v) is 3.26. The minimum absolute atomic E-state index is 0.147. The molecule has 0 radical (unpaired) electrons. The second-order valence-corrected chi connectivity index (χ2v) is 7.80. The van der Waals surface area contributed by atoms with Gasteiger partial charge in [-0.25, -0.2) is 0 Å².